The Labute approximate surface area is 191 Å². The third-order valence-electron chi connectivity index (χ3n) is 5.78. The van der Waals surface area contributed by atoms with Gasteiger partial charge in [0.05, 0.1) is 23.8 Å². The van der Waals surface area contributed by atoms with Crippen LogP contribution in [0.4, 0.5) is 0 Å². The van der Waals surface area contributed by atoms with Crippen molar-refractivity contribution in [2.75, 3.05) is 7.11 Å². The van der Waals surface area contributed by atoms with E-state index in [1.165, 1.54) is 19.2 Å². The molecular formula is C26H28O7. The Kier molecular flexibility index (Phi) is 5.62. The molecular weight excluding hydrogens is 424 g/mol. The predicted molar refractivity (Wildman–Crippen MR) is 126 cm³/mol. The quantitative estimate of drug-likeness (QED) is 0.530. The van der Waals surface area contributed by atoms with Crippen LogP contribution in [0, 0.1) is 5.92 Å². The molecule has 1 atom stereocenters. The van der Waals surface area contributed by atoms with Crippen molar-refractivity contribution in [2.24, 2.45) is 5.92 Å². The van der Waals surface area contributed by atoms with Crippen molar-refractivity contribution in [3.8, 4) is 34.3 Å². The molecule has 2 heterocycles. The van der Waals surface area contributed by atoms with E-state index < -0.39 is 17.1 Å². The lowest BCUT2D eigenvalue weighted by Gasteiger charge is -2.28. The number of ether oxygens (including phenoxy) is 2. The summed E-state index contributed by atoms with van der Waals surface area (Å²) in [7, 11) is 1.48. The zero-order valence-corrected chi connectivity index (χ0v) is 19.3. The first-order valence-corrected chi connectivity index (χ1v) is 10.8. The number of phenols is 2. The van der Waals surface area contributed by atoms with E-state index in [1.807, 2.05) is 19.9 Å². The Morgan fingerprint density at radius 3 is 2.58 bits per heavy atom. The van der Waals surface area contributed by atoms with Gasteiger partial charge in [0.15, 0.2) is 5.43 Å². The second-order valence-electron chi connectivity index (χ2n) is 9.20. The van der Waals surface area contributed by atoms with E-state index in [9.17, 15) is 20.1 Å². The van der Waals surface area contributed by atoms with Crippen molar-refractivity contribution in [3.05, 3.63) is 51.7 Å². The summed E-state index contributed by atoms with van der Waals surface area (Å²) in [6.45, 7) is 7.18. The molecule has 3 N–H and O–H groups in total. The number of benzene rings is 2. The second-order valence-corrected chi connectivity index (χ2v) is 9.20. The number of aromatic hydroxyl groups is 2. The summed E-state index contributed by atoms with van der Waals surface area (Å²) in [5, 5.41) is 31.8. The summed E-state index contributed by atoms with van der Waals surface area (Å²) in [4.78, 5) is 13.7. The first kappa shape index (κ1) is 22.7. The molecule has 0 saturated heterocycles. The molecule has 0 bridgehead atoms. The topological polar surface area (TPSA) is 109 Å². The van der Waals surface area contributed by atoms with Gasteiger partial charge in [-0.25, -0.2) is 0 Å². The molecule has 3 aromatic rings. The van der Waals surface area contributed by atoms with Crippen LogP contribution in [0.2, 0.25) is 0 Å². The standard InChI is InChI=1S/C26H28O7/c1-13(2)6-8-15-18(31-5)12-20-22(23(15)28)24(29)17-11-21(26(3,4)30)32-19-10-14(27)7-9-16(19)25(17)33-20/h6-10,12-13,21,27-28,30H,11H2,1-5H3/t21-/m1/s1. The number of aliphatic hydroxyl groups is 1. The van der Waals surface area contributed by atoms with Crippen LogP contribution in [0.15, 0.2) is 39.6 Å². The van der Waals surface area contributed by atoms with Crippen LogP contribution in [0.3, 0.4) is 0 Å². The zero-order valence-electron chi connectivity index (χ0n) is 19.3. The Morgan fingerprint density at radius 1 is 1.21 bits per heavy atom. The first-order valence-electron chi connectivity index (χ1n) is 10.8. The highest BCUT2D eigenvalue weighted by Gasteiger charge is 2.36. The van der Waals surface area contributed by atoms with E-state index in [0.29, 0.717) is 16.9 Å². The summed E-state index contributed by atoms with van der Waals surface area (Å²) in [6.07, 6.45) is 2.88. The van der Waals surface area contributed by atoms with Crippen LogP contribution >= 0.6 is 0 Å². The van der Waals surface area contributed by atoms with Crippen LogP contribution < -0.4 is 14.9 Å². The van der Waals surface area contributed by atoms with Gasteiger partial charge in [0, 0.05) is 24.1 Å². The van der Waals surface area contributed by atoms with Gasteiger partial charge in [0.25, 0.3) is 0 Å². The molecule has 4 rings (SSSR count). The highest BCUT2D eigenvalue weighted by Crippen LogP contribution is 2.43. The van der Waals surface area contributed by atoms with E-state index in [-0.39, 0.29) is 51.9 Å². The lowest BCUT2D eigenvalue weighted by Crippen LogP contribution is -2.42. The molecule has 0 radical (unpaired) electrons. The van der Waals surface area contributed by atoms with E-state index in [4.69, 9.17) is 13.9 Å². The van der Waals surface area contributed by atoms with Crippen molar-refractivity contribution < 1.29 is 29.2 Å². The molecule has 0 spiro atoms. The normalized spacial score (nSPS) is 15.9. The van der Waals surface area contributed by atoms with E-state index in [2.05, 4.69) is 0 Å². The minimum absolute atomic E-state index is 0.0178. The Hall–Kier alpha value is -3.45. The van der Waals surface area contributed by atoms with E-state index in [1.54, 1.807) is 32.1 Å². The molecule has 7 nitrogen and oxygen atoms in total. The average molecular weight is 453 g/mol. The van der Waals surface area contributed by atoms with Crippen LogP contribution in [-0.4, -0.2) is 34.1 Å². The highest BCUT2D eigenvalue weighted by molar-refractivity contribution is 5.92. The van der Waals surface area contributed by atoms with Gasteiger partial charge in [-0.15, -0.1) is 0 Å². The summed E-state index contributed by atoms with van der Waals surface area (Å²) in [5.74, 6) is 0.901. The predicted octanol–water partition coefficient (Wildman–Crippen LogP) is 4.62. The molecule has 174 valence electrons. The molecule has 1 aromatic heterocycles. The molecule has 2 aromatic carbocycles. The Balaban J connectivity index is 2.07. The van der Waals surface area contributed by atoms with Gasteiger partial charge in [-0.05, 0) is 31.9 Å². The zero-order chi connectivity index (χ0) is 24.1. The van der Waals surface area contributed by atoms with Gasteiger partial charge in [0.2, 0.25) is 0 Å². The van der Waals surface area contributed by atoms with Crippen LogP contribution in [0.5, 0.6) is 23.0 Å². The number of allylic oxidation sites excluding steroid dienone is 1. The lowest BCUT2D eigenvalue weighted by molar-refractivity contribution is -0.0322. The van der Waals surface area contributed by atoms with Gasteiger partial charge in [-0.2, -0.15) is 0 Å². The smallest absolute Gasteiger partial charge is 0.200 e. The molecule has 33 heavy (non-hydrogen) atoms. The van der Waals surface area contributed by atoms with Gasteiger partial charge >= 0.3 is 0 Å². The number of methoxy groups -OCH3 is 1. The molecule has 0 saturated carbocycles. The fourth-order valence-corrected chi connectivity index (χ4v) is 3.95. The van der Waals surface area contributed by atoms with Crippen LogP contribution in [0.25, 0.3) is 28.4 Å². The monoisotopic (exact) mass is 452 g/mol. The average Bonchev–Trinajstić information content (AvgIpc) is 2.89. The lowest BCUT2D eigenvalue weighted by atomic mass is 9.93. The van der Waals surface area contributed by atoms with Gasteiger partial charge in [-0.1, -0.05) is 26.0 Å². The summed E-state index contributed by atoms with van der Waals surface area (Å²) in [6, 6.07) is 6.07. The minimum Gasteiger partial charge on any atom is -0.508 e. The van der Waals surface area contributed by atoms with Gasteiger partial charge < -0.3 is 29.2 Å². The number of hydrogen-bond acceptors (Lipinski definition) is 7. The molecule has 0 amide bonds. The van der Waals surface area contributed by atoms with Crippen molar-refractivity contribution >= 4 is 17.0 Å². The largest absolute Gasteiger partial charge is 0.508 e. The maximum absolute atomic E-state index is 13.7. The SMILES string of the molecule is COc1cc2oc3c(c(=O)c2c(O)c1C=CC(C)C)C[C@H](C(C)(C)O)Oc1cc(O)ccc1-3. The highest BCUT2D eigenvalue weighted by atomic mass is 16.5. The fourth-order valence-electron chi connectivity index (χ4n) is 3.95. The van der Waals surface area contributed by atoms with Gasteiger partial charge in [0.1, 0.15) is 45.8 Å². The maximum atomic E-state index is 13.7. The molecule has 0 fully saturated rings. The van der Waals surface area contributed by atoms with Gasteiger partial charge in [-0.3, -0.25) is 4.79 Å². The molecule has 0 unspecified atom stereocenters. The number of fused-ring (bicyclic) bond motifs is 4. The number of hydrogen-bond donors (Lipinski definition) is 3. The number of rotatable bonds is 4. The summed E-state index contributed by atoms with van der Waals surface area (Å²) < 4.78 is 17.6. The third kappa shape index (κ3) is 4.04. The van der Waals surface area contributed by atoms with Crippen LogP contribution in [-0.2, 0) is 6.42 Å². The van der Waals surface area contributed by atoms with Crippen molar-refractivity contribution in [1.82, 2.24) is 0 Å². The Morgan fingerprint density at radius 2 is 1.94 bits per heavy atom. The van der Waals surface area contributed by atoms with Crippen LogP contribution in [0.1, 0.15) is 38.8 Å². The Bertz CT molecular complexity index is 1310. The third-order valence-corrected chi connectivity index (χ3v) is 5.78. The summed E-state index contributed by atoms with van der Waals surface area (Å²) >= 11 is 0. The first-order chi connectivity index (χ1) is 15.5. The fraction of sp³-hybridized carbons (Fsp3) is 0.346. The molecule has 7 heteroatoms. The van der Waals surface area contributed by atoms with E-state index >= 15 is 0 Å². The van der Waals surface area contributed by atoms with E-state index in [0.717, 1.165) is 0 Å². The van der Waals surface area contributed by atoms with Crippen molar-refractivity contribution in [1.29, 1.82) is 0 Å². The maximum Gasteiger partial charge on any atom is 0.200 e. The molecule has 1 aliphatic heterocycles. The minimum atomic E-state index is -1.29. The summed E-state index contributed by atoms with van der Waals surface area (Å²) in [5.41, 5.74) is -0.409. The second kappa shape index (κ2) is 8.15. The molecule has 0 aliphatic carbocycles. The number of phenolic OH excluding ortho intramolecular Hbond substituents is 2. The van der Waals surface area contributed by atoms with Crippen molar-refractivity contribution in [3.63, 3.8) is 0 Å². The molecule has 1 aliphatic rings. The van der Waals surface area contributed by atoms with Crippen molar-refractivity contribution in [2.45, 2.75) is 45.8 Å².